The number of rotatable bonds is 4. The molecular formula is C14H22N2O3S. The molecule has 1 fully saturated rings. The van der Waals surface area contributed by atoms with Crippen LogP contribution in [0.25, 0.3) is 0 Å². The van der Waals surface area contributed by atoms with Crippen molar-refractivity contribution in [1.82, 2.24) is 4.31 Å². The van der Waals surface area contributed by atoms with Gasteiger partial charge in [-0.3, -0.25) is 4.72 Å². The molecular weight excluding hydrogens is 276 g/mol. The number of aliphatic hydroxyl groups is 1. The van der Waals surface area contributed by atoms with Crippen molar-refractivity contribution in [3.05, 3.63) is 29.8 Å². The van der Waals surface area contributed by atoms with Crippen molar-refractivity contribution in [2.45, 2.75) is 45.3 Å². The summed E-state index contributed by atoms with van der Waals surface area (Å²) in [7, 11) is -3.57. The first-order valence-corrected chi connectivity index (χ1v) is 8.42. The molecule has 1 aliphatic heterocycles. The number of nitrogens with zero attached hydrogens (tertiary/aromatic N) is 1. The molecule has 0 amide bonds. The Hall–Kier alpha value is -1.11. The Bertz CT molecular complexity index is 557. The van der Waals surface area contributed by atoms with Crippen molar-refractivity contribution >= 4 is 15.9 Å². The molecule has 20 heavy (non-hydrogen) atoms. The van der Waals surface area contributed by atoms with Crippen molar-refractivity contribution < 1.29 is 13.5 Å². The molecule has 2 rings (SSSR count). The Morgan fingerprint density at radius 3 is 2.70 bits per heavy atom. The van der Waals surface area contributed by atoms with Gasteiger partial charge < -0.3 is 5.11 Å². The average molecular weight is 298 g/mol. The summed E-state index contributed by atoms with van der Waals surface area (Å²) in [4.78, 5) is 0. The van der Waals surface area contributed by atoms with E-state index in [0.717, 1.165) is 19.3 Å². The van der Waals surface area contributed by atoms with Crippen LogP contribution in [0.4, 0.5) is 5.69 Å². The van der Waals surface area contributed by atoms with Crippen LogP contribution in [0.1, 0.15) is 44.8 Å². The van der Waals surface area contributed by atoms with Gasteiger partial charge in [0.1, 0.15) is 0 Å². The van der Waals surface area contributed by atoms with E-state index in [4.69, 9.17) is 0 Å². The number of nitrogens with one attached hydrogen (secondary N) is 1. The van der Waals surface area contributed by atoms with Crippen LogP contribution in [-0.2, 0) is 10.2 Å². The lowest BCUT2D eigenvalue weighted by molar-refractivity contribution is 0.200. The van der Waals surface area contributed by atoms with E-state index < -0.39 is 16.3 Å². The maximum absolute atomic E-state index is 12.5. The Morgan fingerprint density at radius 2 is 2.05 bits per heavy atom. The lowest BCUT2D eigenvalue weighted by Crippen LogP contribution is -2.44. The van der Waals surface area contributed by atoms with Crippen molar-refractivity contribution in [2.75, 3.05) is 11.3 Å². The predicted octanol–water partition coefficient (Wildman–Crippen LogP) is 2.27. The van der Waals surface area contributed by atoms with E-state index in [1.807, 2.05) is 6.92 Å². The molecule has 0 saturated carbocycles. The fourth-order valence-electron chi connectivity index (χ4n) is 2.58. The zero-order chi connectivity index (χ0) is 14.8. The average Bonchev–Trinajstić information content (AvgIpc) is 2.39. The van der Waals surface area contributed by atoms with Gasteiger partial charge in [0, 0.05) is 18.2 Å². The Morgan fingerprint density at radius 1 is 1.35 bits per heavy atom. The lowest BCUT2D eigenvalue weighted by atomic mass is 10.1. The molecule has 1 aromatic rings. The smallest absolute Gasteiger partial charge is 0.301 e. The van der Waals surface area contributed by atoms with Gasteiger partial charge >= 0.3 is 10.2 Å². The topological polar surface area (TPSA) is 69.6 Å². The molecule has 0 aromatic heterocycles. The normalized spacial score (nSPS) is 22.4. The third-order valence-corrected chi connectivity index (χ3v) is 5.34. The molecule has 2 unspecified atom stereocenters. The highest BCUT2D eigenvalue weighted by Crippen LogP contribution is 2.26. The van der Waals surface area contributed by atoms with Crippen LogP contribution in [0, 0.1) is 0 Å². The minimum Gasteiger partial charge on any atom is -0.389 e. The monoisotopic (exact) mass is 298 g/mol. The summed E-state index contributed by atoms with van der Waals surface area (Å²) in [6, 6.07) is 6.95. The largest absolute Gasteiger partial charge is 0.389 e. The van der Waals surface area contributed by atoms with E-state index in [9.17, 15) is 13.5 Å². The van der Waals surface area contributed by atoms with Gasteiger partial charge in [-0.1, -0.05) is 24.6 Å². The van der Waals surface area contributed by atoms with Crippen LogP contribution in [0.5, 0.6) is 0 Å². The van der Waals surface area contributed by atoms with Crippen molar-refractivity contribution in [3.63, 3.8) is 0 Å². The molecule has 1 heterocycles. The van der Waals surface area contributed by atoms with Gasteiger partial charge in [0.15, 0.2) is 0 Å². The number of aliphatic hydroxyl groups excluding tert-OH is 1. The molecule has 1 aliphatic rings. The minimum absolute atomic E-state index is 0.0139. The fraction of sp³-hybridized carbons (Fsp3) is 0.571. The highest BCUT2D eigenvalue weighted by atomic mass is 32.2. The first kappa shape index (κ1) is 15.3. The van der Waals surface area contributed by atoms with Crippen molar-refractivity contribution in [3.8, 4) is 0 Å². The van der Waals surface area contributed by atoms with Gasteiger partial charge in [-0.2, -0.15) is 12.7 Å². The second-order valence-electron chi connectivity index (χ2n) is 5.33. The van der Waals surface area contributed by atoms with Gasteiger partial charge in [0.05, 0.1) is 11.8 Å². The number of para-hydroxylation sites is 1. The van der Waals surface area contributed by atoms with Crippen LogP contribution >= 0.6 is 0 Å². The van der Waals surface area contributed by atoms with Gasteiger partial charge in [-0.05, 0) is 32.8 Å². The minimum atomic E-state index is -3.57. The maximum atomic E-state index is 12.5. The van der Waals surface area contributed by atoms with Gasteiger partial charge in [0.25, 0.3) is 0 Å². The molecule has 0 aliphatic carbocycles. The Labute approximate surface area is 120 Å². The van der Waals surface area contributed by atoms with E-state index in [-0.39, 0.29) is 6.04 Å². The maximum Gasteiger partial charge on any atom is 0.301 e. The molecule has 2 atom stereocenters. The van der Waals surface area contributed by atoms with Gasteiger partial charge in [-0.15, -0.1) is 0 Å². The lowest BCUT2D eigenvalue weighted by Gasteiger charge is -2.32. The molecule has 0 radical (unpaired) electrons. The molecule has 112 valence electrons. The number of piperidine rings is 1. The van der Waals surface area contributed by atoms with Crippen LogP contribution in [0.15, 0.2) is 24.3 Å². The highest BCUT2D eigenvalue weighted by Gasteiger charge is 2.30. The number of hydrogen-bond acceptors (Lipinski definition) is 3. The third kappa shape index (κ3) is 3.31. The standard InChI is InChI=1S/C14H22N2O3S/c1-11-7-5-6-10-16(11)20(18,19)15-14-9-4-3-8-13(14)12(2)17/h3-4,8-9,11-12,15,17H,5-7,10H2,1-2H3. The zero-order valence-corrected chi connectivity index (χ0v) is 12.7. The molecule has 6 heteroatoms. The fourth-order valence-corrected chi connectivity index (χ4v) is 4.11. The van der Waals surface area contributed by atoms with E-state index in [0.29, 0.717) is 17.8 Å². The first-order chi connectivity index (χ1) is 9.42. The molecule has 2 N–H and O–H groups in total. The number of hydrogen-bond donors (Lipinski definition) is 2. The van der Waals surface area contributed by atoms with E-state index in [2.05, 4.69) is 4.72 Å². The summed E-state index contributed by atoms with van der Waals surface area (Å²) in [5.41, 5.74) is 1.03. The molecule has 0 spiro atoms. The Balaban J connectivity index is 2.24. The van der Waals surface area contributed by atoms with E-state index >= 15 is 0 Å². The summed E-state index contributed by atoms with van der Waals surface area (Å²) >= 11 is 0. The van der Waals surface area contributed by atoms with Crippen molar-refractivity contribution in [2.24, 2.45) is 0 Å². The Kier molecular flexibility index (Phi) is 4.67. The first-order valence-electron chi connectivity index (χ1n) is 6.98. The van der Waals surface area contributed by atoms with Gasteiger partial charge in [0.2, 0.25) is 0 Å². The second kappa shape index (κ2) is 6.11. The summed E-state index contributed by atoms with van der Waals surface area (Å²) < 4.78 is 29.1. The molecule has 5 nitrogen and oxygen atoms in total. The summed E-state index contributed by atoms with van der Waals surface area (Å²) in [6.45, 7) is 4.10. The summed E-state index contributed by atoms with van der Waals surface area (Å²) in [5, 5.41) is 9.72. The highest BCUT2D eigenvalue weighted by molar-refractivity contribution is 7.90. The summed E-state index contributed by atoms with van der Waals surface area (Å²) in [6.07, 6.45) is 2.13. The van der Waals surface area contributed by atoms with Crippen LogP contribution in [-0.4, -0.2) is 30.4 Å². The predicted molar refractivity (Wildman–Crippen MR) is 79.6 cm³/mol. The third-order valence-electron chi connectivity index (χ3n) is 3.70. The van der Waals surface area contributed by atoms with Crippen LogP contribution in [0.2, 0.25) is 0 Å². The van der Waals surface area contributed by atoms with Crippen LogP contribution in [0.3, 0.4) is 0 Å². The molecule has 1 saturated heterocycles. The molecule has 1 aromatic carbocycles. The van der Waals surface area contributed by atoms with E-state index in [1.165, 1.54) is 4.31 Å². The molecule has 0 bridgehead atoms. The number of benzene rings is 1. The quantitative estimate of drug-likeness (QED) is 0.896. The SMILES string of the molecule is CC(O)c1ccccc1NS(=O)(=O)N1CCCCC1C. The van der Waals surface area contributed by atoms with Crippen LogP contribution < -0.4 is 4.72 Å². The second-order valence-corrected chi connectivity index (χ2v) is 6.95. The number of anilines is 1. The zero-order valence-electron chi connectivity index (χ0n) is 11.9. The van der Waals surface area contributed by atoms with Gasteiger partial charge in [-0.25, -0.2) is 0 Å². The summed E-state index contributed by atoms with van der Waals surface area (Å²) in [5.74, 6) is 0. The van der Waals surface area contributed by atoms with Crippen molar-refractivity contribution in [1.29, 1.82) is 0 Å². The van der Waals surface area contributed by atoms with E-state index in [1.54, 1.807) is 31.2 Å².